The van der Waals surface area contributed by atoms with E-state index >= 15 is 0 Å². The van der Waals surface area contributed by atoms with Crippen LogP contribution in [0.4, 0.5) is 5.69 Å². The number of benzene rings is 1. The number of para-hydroxylation sites is 1. The molecule has 110 valence electrons. The van der Waals surface area contributed by atoms with E-state index in [1.54, 1.807) is 5.56 Å². The molecule has 3 rings (SSSR count). The minimum absolute atomic E-state index is 0.579. The molecule has 2 aliphatic heterocycles. The zero-order chi connectivity index (χ0) is 14.1. The molecule has 1 aromatic rings. The minimum Gasteiger partial charge on any atom is -0.366 e. The fourth-order valence-electron chi connectivity index (χ4n) is 3.78. The van der Waals surface area contributed by atoms with E-state index in [1.807, 2.05) is 0 Å². The number of nitrogens with one attached hydrogen (secondary N) is 1. The van der Waals surface area contributed by atoms with Crippen molar-refractivity contribution in [3.05, 3.63) is 29.3 Å². The van der Waals surface area contributed by atoms with Crippen LogP contribution >= 0.6 is 0 Å². The number of hydrogen-bond donors (Lipinski definition) is 1. The third-order valence-electron chi connectivity index (χ3n) is 4.61. The molecule has 3 nitrogen and oxygen atoms in total. The van der Waals surface area contributed by atoms with Crippen LogP contribution in [0.1, 0.15) is 31.9 Å². The highest BCUT2D eigenvalue weighted by Crippen LogP contribution is 2.37. The summed E-state index contributed by atoms with van der Waals surface area (Å²) in [6, 6.07) is 8.10. The summed E-state index contributed by atoms with van der Waals surface area (Å²) in [7, 11) is 0. The van der Waals surface area contributed by atoms with Crippen LogP contribution in [0.15, 0.2) is 18.2 Å². The van der Waals surface area contributed by atoms with E-state index in [4.69, 9.17) is 0 Å². The molecule has 0 spiro atoms. The van der Waals surface area contributed by atoms with Crippen molar-refractivity contribution in [2.24, 2.45) is 0 Å². The molecule has 20 heavy (non-hydrogen) atoms. The molecule has 3 heteroatoms. The molecule has 0 saturated carbocycles. The summed E-state index contributed by atoms with van der Waals surface area (Å²) in [6.07, 6.45) is 1.20. The van der Waals surface area contributed by atoms with E-state index < -0.39 is 0 Å². The van der Waals surface area contributed by atoms with Gasteiger partial charge in [0.15, 0.2) is 0 Å². The van der Waals surface area contributed by atoms with Crippen LogP contribution in [0.5, 0.6) is 0 Å². The lowest BCUT2D eigenvalue weighted by molar-refractivity contribution is 0.233. The number of anilines is 1. The Bertz CT molecular complexity index is 463. The van der Waals surface area contributed by atoms with Crippen LogP contribution in [0.2, 0.25) is 0 Å². The quantitative estimate of drug-likeness (QED) is 0.911. The monoisotopic (exact) mass is 273 g/mol. The van der Waals surface area contributed by atoms with Crippen LogP contribution in [0.3, 0.4) is 0 Å². The highest BCUT2D eigenvalue weighted by molar-refractivity contribution is 5.65. The lowest BCUT2D eigenvalue weighted by Crippen LogP contribution is -2.43. The van der Waals surface area contributed by atoms with Crippen molar-refractivity contribution in [3.8, 4) is 0 Å². The fourth-order valence-corrected chi connectivity index (χ4v) is 3.78. The molecule has 2 aliphatic rings. The molecule has 1 saturated heterocycles. The molecular formula is C17H27N3. The van der Waals surface area contributed by atoms with Gasteiger partial charge in [-0.2, -0.15) is 0 Å². The molecular weight excluding hydrogens is 246 g/mol. The summed E-state index contributed by atoms with van der Waals surface area (Å²) >= 11 is 0. The van der Waals surface area contributed by atoms with Crippen molar-refractivity contribution in [2.45, 2.75) is 45.8 Å². The van der Waals surface area contributed by atoms with Crippen LogP contribution in [0, 0.1) is 0 Å². The highest BCUT2D eigenvalue weighted by Gasteiger charge is 2.30. The first-order valence-corrected chi connectivity index (χ1v) is 7.99. The molecule has 1 unspecified atom stereocenters. The first-order chi connectivity index (χ1) is 9.66. The molecule has 0 bridgehead atoms. The Hall–Kier alpha value is -1.06. The number of rotatable bonds is 3. The average Bonchev–Trinajstić information content (AvgIpc) is 2.77. The van der Waals surface area contributed by atoms with E-state index in [9.17, 15) is 0 Å². The first kappa shape index (κ1) is 13.9. The Morgan fingerprint density at radius 1 is 1.25 bits per heavy atom. The lowest BCUT2D eigenvalue weighted by Gasteiger charge is -2.33. The van der Waals surface area contributed by atoms with Gasteiger partial charge in [-0.05, 0) is 38.3 Å². The summed E-state index contributed by atoms with van der Waals surface area (Å²) in [5.74, 6) is 0. The Labute approximate surface area is 123 Å². The smallest absolute Gasteiger partial charge is 0.0450 e. The maximum absolute atomic E-state index is 3.43. The minimum atomic E-state index is 0.579. The van der Waals surface area contributed by atoms with Crippen LogP contribution in [0.25, 0.3) is 0 Å². The van der Waals surface area contributed by atoms with Gasteiger partial charge in [0.05, 0.1) is 0 Å². The second-order valence-electron chi connectivity index (χ2n) is 6.51. The first-order valence-electron chi connectivity index (χ1n) is 7.99. The van der Waals surface area contributed by atoms with E-state index in [0.717, 1.165) is 19.6 Å². The molecule has 0 radical (unpaired) electrons. The number of piperazine rings is 1. The predicted octanol–water partition coefficient (Wildman–Crippen LogP) is 2.25. The van der Waals surface area contributed by atoms with Crippen molar-refractivity contribution in [3.63, 3.8) is 0 Å². The van der Waals surface area contributed by atoms with Crippen molar-refractivity contribution in [1.29, 1.82) is 0 Å². The summed E-state index contributed by atoms with van der Waals surface area (Å²) in [4.78, 5) is 5.19. The number of fused-ring (bicyclic) bond motifs is 1. The SMILES string of the molecule is CC(C)N1c2c(cccc2CN2CCNCC2)CC1C. The van der Waals surface area contributed by atoms with E-state index in [2.05, 4.69) is 54.1 Å². The van der Waals surface area contributed by atoms with Gasteiger partial charge in [-0.15, -0.1) is 0 Å². The highest BCUT2D eigenvalue weighted by atomic mass is 15.2. The van der Waals surface area contributed by atoms with Gasteiger partial charge in [-0.3, -0.25) is 4.90 Å². The van der Waals surface area contributed by atoms with Gasteiger partial charge >= 0.3 is 0 Å². The van der Waals surface area contributed by atoms with Crippen molar-refractivity contribution in [1.82, 2.24) is 10.2 Å². The zero-order valence-corrected chi connectivity index (χ0v) is 13.0. The average molecular weight is 273 g/mol. The number of hydrogen-bond acceptors (Lipinski definition) is 3. The normalized spacial score (nSPS) is 23.4. The third-order valence-corrected chi connectivity index (χ3v) is 4.61. The topological polar surface area (TPSA) is 18.5 Å². The van der Waals surface area contributed by atoms with E-state index in [-0.39, 0.29) is 0 Å². The van der Waals surface area contributed by atoms with Crippen LogP contribution in [-0.2, 0) is 13.0 Å². The van der Waals surface area contributed by atoms with Gasteiger partial charge in [0, 0.05) is 50.5 Å². The standard InChI is InChI=1S/C17H27N3/c1-13(2)20-14(3)11-15-5-4-6-16(17(15)20)12-19-9-7-18-8-10-19/h4-6,13-14,18H,7-12H2,1-3H3. The van der Waals surface area contributed by atoms with Crippen molar-refractivity contribution < 1.29 is 0 Å². The predicted molar refractivity (Wildman–Crippen MR) is 85.4 cm³/mol. The molecule has 1 N–H and O–H groups in total. The molecule has 1 atom stereocenters. The van der Waals surface area contributed by atoms with Gasteiger partial charge in [0.2, 0.25) is 0 Å². The van der Waals surface area contributed by atoms with E-state index in [0.29, 0.717) is 12.1 Å². The summed E-state index contributed by atoms with van der Waals surface area (Å²) in [6.45, 7) is 12.7. The summed E-state index contributed by atoms with van der Waals surface area (Å²) in [5, 5.41) is 3.43. The molecule has 1 aromatic carbocycles. The van der Waals surface area contributed by atoms with Gasteiger partial charge in [-0.25, -0.2) is 0 Å². The Morgan fingerprint density at radius 2 is 2.00 bits per heavy atom. The second-order valence-corrected chi connectivity index (χ2v) is 6.51. The van der Waals surface area contributed by atoms with Crippen LogP contribution < -0.4 is 10.2 Å². The maximum atomic E-state index is 3.43. The molecule has 2 heterocycles. The van der Waals surface area contributed by atoms with Gasteiger partial charge in [0.25, 0.3) is 0 Å². The Morgan fingerprint density at radius 3 is 2.70 bits per heavy atom. The summed E-state index contributed by atoms with van der Waals surface area (Å²) in [5.41, 5.74) is 4.58. The largest absolute Gasteiger partial charge is 0.366 e. The molecule has 0 aliphatic carbocycles. The van der Waals surface area contributed by atoms with Crippen LogP contribution in [-0.4, -0.2) is 43.2 Å². The second kappa shape index (κ2) is 5.74. The zero-order valence-electron chi connectivity index (χ0n) is 13.0. The summed E-state index contributed by atoms with van der Waals surface area (Å²) < 4.78 is 0. The van der Waals surface area contributed by atoms with Gasteiger partial charge < -0.3 is 10.2 Å². The third kappa shape index (κ3) is 2.57. The molecule has 1 fully saturated rings. The van der Waals surface area contributed by atoms with Gasteiger partial charge in [0.1, 0.15) is 0 Å². The molecule has 0 aromatic heterocycles. The van der Waals surface area contributed by atoms with Gasteiger partial charge in [-0.1, -0.05) is 18.2 Å². The fraction of sp³-hybridized carbons (Fsp3) is 0.647. The lowest BCUT2D eigenvalue weighted by atomic mass is 10.1. The number of nitrogens with zero attached hydrogens (tertiary/aromatic N) is 2. The Kier molecular flexibility index (Phi) is 3.99. The molecule has 0 amide bonds. The van der Waals surface area contributed by atoms with Crippen molar-refractivity contribution >= 4 is 5.69 Å². The van der Waals surface area contributed by atoms with Crippen molar-refractivity contribution in [2.75, 3.05) is 31.1 Å². The van der Waals surface area contributed by atoms with E-state index in [1.165, 1.54) is 30.8 Å². The Balaban J connectivity index is 1.87. The maximum Gasteiger partial charge on any atom is 0.0450 e.